The van der Waals surface area contributed by atoms with Crippen molar-refractivity contribution >= 4 is 16.9 Å². The number of carbonyl (C=O) groups excluding carboxylic acids is 1. The zero-order chi connectivity index (χ0) is 20.6. The average Bonchev–Trinajstić information content (AvgIpc) is 3.47. The molecule has 1 amide bonds. The van der Waals surface area contributed by atoms with Gasteiger partial charge in [-0.3, -0.25) is 4.79 Å². The zero-order valence-electron chi connectivity index (χ0n) is 16.0. The van der Waals surface area contributed by atoms with Crippen LogP contribution in [-0.2, 0) is 23.9 Å². The molecule has 0 radical (unpaired) electrons. The van der Waals surface area contributed by atoms with E-state index in [9.17, 15) is 18.0 Å². The standard InChI is InChI=1S/C21H21F3N4O/c1-13-19-16(21(22,23)24)11-17(15-7-8-15)26-20(19)28(27-13)12-18(29)25-10-9-14-5-3-2-4-6-14/h2-6,11,15H,7-10,12H2,1H3,(H,25,29). The van der Waals surface area contributed by atoms with E-state index >= 15 is 0 Å². The van der Waals surface area contributed by atoms with Crippen LogP contribution in [0, 0.1) is 6.92 Å². The number of benzene rings is 1. The van der Waals surface area contributed by atoms with E-state index in [2.05, 4.69) is 15.4 Å². The van der Waals surface area contributed by atoms with E-state index < -0.39 is 11.7 Å². The number of nitrogens with zero attached hydrogens (tertiary/aromatic N) is 3. The monoisotopic (exact) mass is 402 g/mol. The lowest BCUT2D eigenvalue weighted by atomic mass is 10.1. The summed E-state index contributed by atoms with van der Waals surface area (Å²) < 4.78 is 42.1. The van der Waals surface area contributed by atoms with Crippen LogP contribution in [0.5, 0.6) is 0 Å². The summed E-state index contributed by atoms with van der Waals surface area (Å²) in [4.78, 5) is 16.8. The summed E-state index contributed by atoms with van der Waals surface area (Å²) in [5.41, 5.74) is 1.14. The Morgan fingerprint density at radius 1 is 1.24 bits per heavy atom. The molecule has 1 fully saturated rings. The maximum Gasteiger partial charge on any atom is 0.417 e. The number of carbonyl (C=O) groups is 1. The molecule has 0 aliphatic heterocycles. The molecule has 0 spiro atoms. The maximum absolute atomic E-state index is 13.6. The Kier molecular flexibility index (Phi) is 5.02. The Bertz CT molecular complexity index is 1040. The number of hydrogen-bond acceptors (Lipinski definition) is 3. The first kappa shape index (κ1) is 19.4. The number of halogens is 3. The lowest BCUT2D eigenvalue weighted by Crippen LogP contribution is -2.29. The van der Waals surface area contributed by atoms with E-state index in [0.717, 1.165) is 24.5 Å². The van der Waals surface area contributed by atoms with Crippen molar-refractivity contribution in [3.63, 3.8) is 0 Å². The van der Waals surface area contributed by atoms with Gasteiger partial charge in [-0.2, -0.15) is 18.3 Å². The van der Waals surface area contributed by atoms with Gasteiger partial charge < -0.3 is 5.32 Å². The predicted octanol–water partition coefficient (Wildman–Crippen LogP) is 3.99. The fourth-order valence-electron chi connectivity index (χ4n) is 3.48. The second-order valence-electron chi connectivity index (χ2n) is 7.39. The molecule has 1 aliphatic carbocycles. The minimum atomic E-state index is -4.50. The Hall–Kier alpha value is -2.90. The van der Waals surface area contributed by atoms with E-state index in [0.29, 0.717) is 18.7 Å². The van der Waals surface area contributed by atoms with E-state index in [1.807, 2.05) is 30.3 Å². The first-order valence-corrected chi connectivity index (χ1v) is 9.59. The first-order chi connectivity index (χ1) is 13.8. The van der Waals surface area contributed by atoms with Crippen molar-refractivity contribution in [3.05, 3.63) is 58.9 Å². The van der Waals surface area contributed by atoms with Gasteiger partial charge in [0.15, 0.2) is 5.65 Å². The number of aromatic nitrogens is 3. The third-order valence-corrected chi connectivity index (χ3v) is 5.07. The molecule has 0 bridgehead atoms. The highest BCUT2D eigenvalue weighted by Crippen LogP contribution is 2.43. The van der Waals surface area contributed by atoms with Gasteiger partial charge in [-0.05, 0) is 37.8 Å². The fourth-order valence-corrected chi connectivity index (χ4v) is 3.48. The normalized spacial score (nSPS) is 14.3. The molecule has 152 valence electrons. The van der Waals surface area contributed by atoms with Crippen LogP contribution in [0.25, 0.3) is 11.0 Å². The van der Waals surface area contributed by atoms with Gasteiger partial charge >= 0.3 is 6.18 Å². The fraction of sp³-hybridized carbons (Fsp3) is 0.381. The molecule has 2 heterocycles. The summed E-state index contributed by atoms with van der Waals surface area (Å²) in [5.74, 6) is -0.249. The molecular formula is C21H21F3N4O. The first-order valence-electron chi connectivity index (χ1n) is 9.59. The predicted molar refractivity (Wildman–Crippen MR) is 102 cm³/mol. The largest absolute Gasteiger partial charge is 0.417 e. The Labute approximate surface area is 165 Å². The molecule has 3 aromatic rings. The number of fused-ring (bicyclic) bond motifs is 1. The second kappa shape index (κ2) is 7.50. The van der Waals surface area contributed by atoms with Crippen molar-refractivity contribution in [1.82, 2.24) is 20.1 Å². The molecule has 0 atom stereocenters. The van der Waals surface area contributed by atoms with Crippen LogP contribution >= 0.6 is 0 Å². The summed E-state index contributed by atoms with van der Waals surface area (Å²) >= 11 is 0. The third-order valence-electron chi connectivity index (χ3n) is 5.07. The molecule has 2 aromatic heterocycles. The molecule has 1 saturated carbocycles. The molecule has 0 unspecified atom stereocenters. The highest BCUT2D eigenvalue weighted by Gasteiger charge is 2.37. The Balaban J connectivity index is 1.55. The van der Waals surface area contributed by atoms with Crippen LogP contribution in [0.4, 0.5) is 13.2 Å². The van der Waals surface area contributed by atoms with Crippen molar-refractivity contribution in [3.8, 4) is 0 Å². The SMILES string of the molecule is Cc1nn(CC(=O)NCCc2ccccc2)c2nc(C3CC3)cc(C(F)(F)F)c12. The minimum absolute atomic E-state index is 0.0287. The molecule has 1 aromatic carbocycles. The van der Waals surface area contributed by atoms with Gasteiger partial charge in [-0.15, -0.1) is 0 Å². The van der Waals surface area contributed by atoms with E-state index in [4.69, 9.17) is 0 Å². The van der Waals surface area contributed by atoms with Gasteiger partial charge in [0.2, 0.25) is 5.91 Å². The molecular weight excluding hydrogens is 381 g/mol. The second-order valence-corrected chi connectivity index (χ2v) is 7.39. The van der Waals surface area contributed by atoms with E-state index in [-0.39, 0.29) is 35.1 Å². The molecule has 1 N–H and O–H groups in total. The number of amides is 1. The van der Waals surface area contributed by atoms with Crippen LogP contribution in [0.1, 0.15) is 41.3 Å². The number of hydrogen-bond donors (Lipinski definition) is 1. The van der Waals surface area contributed by atoms with Gasteiger partial charge in [-0.1, -0.05) is 30.3 Å². The van der Waals surface area contributed by atoms with Crippen molar-refractivity contribution in [2.75, 3.05) is 6.54 Å². The van der Waals surface area contributed by atoms with Crippen LogP contribution in [0.2, 0.25) is 0 Å². The highest BCUT2D eigenvalue weighted by molar-refractivity contribution is 5.85. The molecule has 4 rings (SSSR count). The Morgan fingerprint density at radius 2 is 1.97 bits per heavy atom. The van der Waals surface area contributed by atoms with Crippen molar-refractivity contribution < 1.29 is 18.0 Å². The van der Waals surface area contributed by atoms with Gasteiger partial charge in [0, 0.05) is 18.2 Å². The summed E-state index contributed by atoms with van der Waals surface area (Å²) in [6.07, 6.45) is -2.15. The van der Waals surface area contributed by atoms with Crippen LogP contribution in [-0.4, -0.2) is 27.2 Å². The van der Waals surface area contributed by atoms with Crippen LogP contribution in [0.3, 0.4) is 0 Å². The lowest BCUT2D eigenvalue weighted by Gasteiger charge is -2.11. The van der Waals surface area contributed by atoms with Gasteiger partial charge in [0.1, 0.15) is 6.54 Å². The summed E-state index contributed by atoms with van der Waals surface area (Å²) in [7, 11) is 0. The zero-order valence-corrected chi connectivity index (χ0v) is 16.0. The van der Waals surface area contributed by atoms with E-state index in [1.54, 1.807) is 0 Å². The summed E-state index contributed by atoms with van der Waals surface area (Å²) in [5, 5.41) is 6.95. The smallest absolute Gasteiger partial charge is 0.354 e. The minimum Gasteiger partial charge on any atom is -0.354 e. The quantitative estimate of drug-likeness (QED) is 0.678. The molecule has 29 heavy (non-hydrogen) atoms. The molecule has 0 saturated heterocycles. The lowest BCUT2D eigenvalue weighted by molar-refractivity contribution is -0.136. The maximum atomic E-state index is 13.6. The van der Waals surface area contributed by atoms with Crippen molar-refractivity contribution in [1.29, 1.82) is 0 Å². The molecule has 8 heteroatoms. The van der Waals surface area contributed by atoms with E-state index in [1.165, 1.54) is 11.6 Å². The molecule has 1 aliphatic rings. The van der Waals surface area contributed by atoms with Gasteiger partial charge in [-0.25, -0.2) is 9.67 Å². The summed E-state index contributed by atoms with van der Waals surface area (Å²) in [6.45, 7) is 1.78. The Morgan fingerprint density at radius 3 is 2.62 bits per heavy atom. The number of nitrogens with one attached hydrogen (secondary N) is 1. The van der Waals surface area contributed by atoms with Crippen molar-refractivity contribution in [2.24, 2.45) is 0 Å². The van der Waals surface area contributed by atoms with Gasteiger partial charge in [0.25, 0.3) is 0 Å². The topological polar surface area (TPSA) is 59.8 Å². The third kappa shape index (κ3) is 4.26. The average molecular weight is 402 g/mol. The highest BCUT2D eigenvalue weighted by atomic mass is 19.4. The van der Waals surface area contributed by atoms with Crippen LogP contribution in [0.15, 0.2) is 36.4 Å². The number of rotatable bonds is 6. The number of aryl methyl sites for hydroxylation is 1. The van der Waals surface area contributed by atoms with Crippen molar-refractivity contribution in [2.45, 2.75) is 44.8 Å². The molecule has 5 nitrogen and oxygen atoms in total. The summed E-state index contributed by atoms with van der Waals surface area (Å²) in [6, 6.07) is 10.9. The number of pyridine rings is 1. The van der Waals surface area contributed by atoms with Crippen LogP contribution < -0.4 is 5.32 Å². The van der Waals surface area contributed by atoms with Gasteiger partial charge in [0.05, 0.1) is 16.6 Å². The number of alkyl halides is 3.